The van der Waals surface area contributed by atoms with Crippen LogP contribution in [0.25, 0.3) is 0 Å². The summed E-state index contributed by atoms with van der Waals surface area (Å²) >= 11 is 0. The number of rotatable bonds is 8. The van der Waals surface area contributed by atoms with Gasteiger partial charge in [0.25, 0.3) is 0 Å². The predicted octanol–water partition coefficient (Wildman–Crippen LogP) is -0.395. The fourth-order valence-electron chi connectivity index (χ4n) is 4.71. The second kappa shape index (κ2) is 13.6. The molecule has 11 heteroatoms. The molecule has 2 heterocycles. The molecule has 1 N–H and O–H groups in total. The number of alkyl carbamates (subject to hydrolysis) is 1. The van der Waals surface area contributed by atoms with Crippen molar-refractivity contribution in [3.8, 4) is 0 Å². The van der Waals surface area contributed by atoms with Crippen molar-refractivity contribution in [2.75, 3.05) is 13.2 Å². The van der Waals surface area contributed by atoms with Crippen molar-refractivity contribution in [2.24, 2.45) is 10.8 Å². The number of hydrogen-bond donors (Lipinski definition) is 1. The molecule has 1 aromatic carbocycles. The quantitative estimate of drug-likeness (QED) is 0.335. The third-order valence-electron chi connectivity index (χ3n) is 6.85. The maximum atomic E-state index is 13.6. The van der Waals surface area contributed by atoms with E-state index in [2.05, 4.69) is 11.9 Å². The zero-order valence-corrected chi connectivity index (χ0v) is 26.9. The number of ether oxygens (including phenoxy) is 2. The first-order chi connectivity index (χ1) is 17.7. The van der Waals surface area contributed by atoms with Crippen LogP contribution in [0, 0.1) is 10.8 Å². The number of fused-ring (bicyclic) bond motifs is 1. The SMILES string of the molecule is C=CCC(C)(C)COC(=O)N[C@H](C(=O)N1C[C@H](OC(=O)N2Cc3ccccc3C2)C[C@H]1C(=O)[O-])C(C)(C)C.[K+]. The molecule has 1 saturated heterocycles. The second-order valence-corrected chi connectivity index (χ2v) is 11.9. The van der Waals surface area contributed by atoms with Gasteiger partial charge < -0.3 is 29.6 Å². The van der Waals surface area contributed by atoms with E-state index in [0.29, 0.717) is 19.5 Å². The number of carboxylic acids is 1. The fourth-order valence-corrected chi connectivity index (χ4v) is 4.71. The summed E-state index contributed by atoms with van der Waals surface area (Å²) in [4.78, 5) is 53.6. The molecule has 2 aliphatic rings. The number of nitrogens with one attached hydrogen (secondary N) is 1. The van der Waals surface area contributed by atoms with Gasteiger partial charge in [-0.05, 0) is 23.0 Å². The van der Waals surface area contributed by atoms with E-state index in [0.717, 1.165) is 16.0 Å². The van der Waals surface area contributed by atoms with E-state index in [4.69, 9.17) is 9.47 Å². The summed E-state index contributed by atoms with van der Waals surface area (Å²) in [6, 6.07) is 5.30. The van der Waals surface area contributed by atoms with Crippen LogP contribution in [0.15, 0.2) is 36.9 Å². The van der Waals surface area contributed by atoms with Crippen LogP contribution in [0.3, 0.4) is 0 Å². The Hall–Kier alpha value is -1.92. The zero-order valence-electron chi connectivity index (χ0n) is 23.8. The number of carbonyl (C=O) groups excluding carboxylic acids is 4. The van der Waals surface area contributed by atoms with Crippen molar-refractivity contribution in [3.63, 3.8) is 0 Å². The Balaban J connectivity index is 0.00000533. The molecular formula is C28H38KN3O7. The molecule has 0 saturated carbocycles. The molecule has 1 aromatic rings. The Labute approximate surface area is 272 Å². The normalized spacial score (nSPS) is 19.4. The van der Waals surface area contributed by atoms with Gasteiger partial charge in [0, 0.05) is 24.9 Å². The first-order valence-corrected chi connectivity index (χ1v) is 12.8. The summed E-state index contributed by atoms with van der Waals surface area (Å²) < 4.78 is 11.0. The van der Waals surface area contributed by atoms with Crippen molar-refractivity contribution in [3.05, 3.63) is 48.0 Å². The third kappa shape index (κ3) is 8.78. The summed E-state index contributed by atoms with van der Waals surface area (Å²) in [5.41, 5.74) is 0.959. The number of carboxylic acid groups (broad SMARTS) is 1. The van der Waals surface area contributed by atoms with Gasteiger partial charge in [-0.1, -0.05) is 65.0 Å². The topological polar surface area (TPSA) is 128 Å². The van der Waals surface area contributed by atoms with Crippen LogP contribution in [0.2, 0.25) is 0 Å². The number of hydrogen-bond acceptors (Lipinski definition) is 7. The monoisotopic (exact) mass is 567 g/mol. The van der Waals surface area contributed by atoms with Gasteiger partial charge in [-0.3, -0.25) is 9.69 Å². The molecule has 3 rings (SSSR count). The maximum Gasteiger partial charge on any atom is 1.00 e. The zero-order chi connectivity index (χ0) is 28.3. The molecule has 3 amide bonds. The summed E-state index contributed by atoms with van der Waals surface area (Å²) in [6.45, 7) is 13.6. The van der Waals surface area contributed by atoms with Gasteiger partial charge in [-0.15, -0.1) is 6.58 Å². The standard InChI is InChI=1S/C28H39N3O7.K/c1-7-12-28(5,6)17-37-25(35)29-22(27(2,3)4)23(32)31-16-20(13-21(31)24(33)34)38-26(36)30-14-18-10-8-9-11-19(18)15-30;/h7-11,20-22H,1,12-17H2,2-6H3,(H,29,35)(H,33,34);/q;+1/p-1/t20-,21+,22-;/m1./s1. The van der Waals surface area contributed by atoms with Crippen LogP contribution in [-0.4, -0.2) is 65.2 Å². The van der Waals surface area contributed by atoms with Crippen LogP contribution >= 0.6 is 0 Å². The molecule has 2 aliphatic heterocycles. The molecule has 10 nitrogen and oxygen atoms in total. The minimum atomic E-state index is -1.45. The van der Waals surface area contributed by atoms with E-state index in [-0.39, 0.29) is 76.4 Å². The molecule has 0 spiro atoms. The number of amides is 3. The average Bonchev–Trinajstić information content (AvgIpc) is 3.45. The number of benzene rings is 1. The minimum Gasteiger partial charge on any atom is -0.548 e. The Bertz CT molecular complexity index is 1060. The fraction of sp³-hybridized carbons (Fsp3) is 0.571. The van der Waals surface area contributed by atoms with Crippen molar-refractivity contribution < 1.29 is 85.1 Å². The van der Waals surface area contributed by atoms with Gasteiger partial charge in [-0.2, -0.15) is 0 Å². The van der Waals surface area contributed by atoms with E-state index in [9.17, 15) is 24.3 Å². The molecule has 3 atom stereocenters. The molecule has 0 bridgehead atoms. The molecule has 1 fully saturated rings. The molecular weight excluding hydrogens is 529 g/mol. The predicted molar refractivity (Wildman–Crippen MR) is 137 cm³/mol. The Morgan fingerprint density at radius 3 is 2.23 bits per heavy atom. The minimum absolute atomic E-state index is 0. The van der Waals surface area contributed by atoms with Crippen molar-refractivity contribution in [1.82, 2.24) is 15.1 Å². The molecule has 39 heavy (non-hydrogen) atoms. The van der Waals surface area contributed by atoms with Gasteiger partial charge in [0.1, 0.15) is 12.1 Å². The average molecular weight is 568 g/mol. The molecule has 208 valence electrons. The maximum absolute atomic E-state index is 13.6. The van der Waals surface area contributed by atoms with Crippen LogP contribution in [0.1, 0.15) is 58.6 Å². The summed E-state index contributed by atoms with van der Waals surface area (Å²) in [6.07, 6.45) is 0.0852. The molecule has 0 aliphatic carbocycles. The Morgan fingerprint density at radius 2 is 1.72 bits per heavy atom. The van der Waals surface area contributed by atoms with Gasteiger partial charge in [0.2, 0.25) is 5.91 Å². The van der Waals surface area contributed by atoms with Crippen LogP contribution in [0.4, 0.5) is 9.59 Å². The largest absolute Gasteiger partial charge is 1.00 e. The van der Waals surface area contributed by atoms with Crippen molar-refractivity contribution in [2.45, 2.75) is 78.7 Å². The van der Waals surface area contributed by atoms with Gasteiger partial charge in [0.15, 0.2) is 0 Å². The van der Waals surface area contributed by atoms with E-state index in [1.54, 1.807) is 26.8 Å². The number of carbonyl (C=O) groups is 4. The van der Waals surface area contributed by atoms with Crippen LogP contribution in [0.5, 0.6) is 0 Å². The van der Waals surface area contributed by atoms with Gasteiger partial charge in [-0.25, -0.2) is 9.59 Å². The van der Waals surface area contributed by atoms with Crippen LogP contribution in [-0.2, 0) is 32.2 Å². The molecule has 0 radical (unpaired) electrons. The first-order valence-electron chi connectivity index (χ1n) is 12.8. The van der Waals surface area contributed by atoms with E-state index in [1.807, 2.05) is 38.1 Å². The Morgan fingerprint density at radius 1 is 1.13 bits per heavy atom. The number of allylic oxidation sites excluding steroid dienone is 1. The first kappa shape index (κ1) is 33.3. The van der Waals surface area contributed by atoms with Gasteiger partial charge in [0.05, 0.1) is 25.2 Å². The number of nitrogens with zero attached hydrogens (tertiary/aromatic N) is 2. The summed E-state index contributed by atoms with van der Waals surface area (Å²) in [5.74, 6) is -2.06. The van der Waals surface area contributed by atoms with Gasteiger partial charge >= 0.3 is 63.6 Å². The second-order valence-electron chi connectivity index (χ2n) is 11.9. The smallest absolute Gasteiger partial charge is 0.548 e. The van der Waals surface area contributed by atoms with Crippen LogP contribution < -0.4 is 61.8 Å². The molecule has 0 aromatic heterocycles. The van der Waals surface area contributed by atoms with E-state index < -0.39 is 47.7 Å². The summed E-state index contributed by atoms with van der Waals surface area (Å²) in [7, 11) is 0. The third-order valence-corrected chi connectivity index (χ3v) is 6.85. The van der Waals surface area contributed by atoms with Crippen molar-refractivity contribution in [1.29, 1.82) is 0 Å². The van der Waals surface area contributed by atoms with Crippen molar-refractivity contribution >= 4 is 24.1 Å². The van der Waals surface area contributed by atoms with E-state index in [1.165, 1.54) is 4.90 Å². The van der Waals surface area contributed by atoms with E-state index >= 15 is 0 Å². The number of likely N-dealkylation sites (tertiary alicyclic amines) is 1. The number of aliphatic carboxylic acids is 1. The molecule has 0 unspecified atom stereocenters. The Kier molecular flexibility index (Phi) is 11.6. The summed E-state index contributed by atoms with van der Waals surface area (Å²) in [5, 5.41) is 14.6.